The Bertz CT molecular complexity index is 803. The second-order valence-electron chi connectivity index (χ2n) is 5.63. The van der Waals surface area contributed by atoms with Crippen molar-refractivity contribution in [2.45, 2.75) is 38.8 Å². The summed E-state index contributed by atoms with van der Waals surface area (Å²) in [7, 11) is 0. The highest BCUT2D eigenvalue weighted by Crippen LogP contribution is 2.34. The van der Waals surface area contributed by atoms with Gasteiger partial charge in [-0.2, -0.15) is 13.2 Å². The van der Waals surface area contributed by atoms with Gasteiger partial charge in [-0.15, -0.1) is 0 Å². The number of halogens is 3. The number of alkyl halides is 3. The fourth-order valence-electron chi connectivity index (χ4n) is 2.40. The van der Waals surface area contributed by atoms with Crippen molar-refractivity contribution < 1.29 is 17.6 Å². The summed E-state index contributed by atoms with van der Waals surface area (Å²) in [5.74, 6) is 0. The maximum atomic E-state index is 13.1. The number of rotatable bonds is 6. The summed E-state index contributed by atoms with van der Waals surface area (Å²) in [6.45, 7) is 2.82. The van der Waals surface area contributed by atoms with Crippen LogP contribution < -0.4 is 16.3 Å². The number of thiocarbonyl (C=S) groups is 1. The summed E-state index contributed by atoms with van der Waals surface area (Å²) in [6.07, 6.45) is -0.299. The minimum atomic E-state index is -4.65. The van der Waals surface area contributed by atoms with Gasteiger partial charge in [0.25, 0.3) is 0 Å². The number of nitrogens with one attached hydrogen (secondary N) is 2. The van der Waals surface area contributed by atoms with Crippen LogP contribution in [0.2, 0.25) is 0 Å². The number of unbranched alkanes of at least 4 members (excludes halogenated alkanes) is 3. The summed E-state index contributed by atoms with van der Waals surface area (Å²) in [5.41, 5.74) is -1.80. The highest BCUT2D eigenvalue weighted by atomic mass is 32.1. The van der Waals surface area contributed by atoms with Crippen LogP contribution in [0.25, 0.3) is 11.0 Å². The largest absolute Gasteiger partial charge is 0.423 e. The van der Waals surface area contributed by atoms with Crippen molar-refractivity contribution >= 4 is 34.0 Å². The normalized spacial score (nSPS) is 11.5. The molecule has 1 aromatic carbocycles. The van der Waals surface area contributed by atoms with Crippen LogP contribution >= 0.6 is 12.2 Å². The molecule has 0 radical (unpaired) electrons. The van der Waals surface area contributed by atoms with Gasteiger partial charge in [-0.1, -0.05) is 26.2 Å². The first kappa shape index (κ1) is 19.2. The van der Waals surface area contributed by atoms with Gasteiger partial charge in [0.2, 0.25) is 0 Å². The van der Waals surface area contributed by atoms with Crippen molar-refractivity contribution in [3.05, 3.63) is 40.2 Å². The van der Waals surface area contributed by atoms with Crippen LogP contribution in [0.5, 0.6) is 0 Å². The van der Waals surface area contributed by atoms with Gasteiger partial charge in [-0.05, 0) is 36.8 Å². The molecule has 2 rings (SSSR count). The van der Waals surface area contributed by atoms with Gasteiger partial charge in [0.1, 0.15) is 5.58 Å². The number of hydrogen-bond donors (Lipinski definition) is 2. The third-order valence-electron chi connectivity index (χ3n) is 3.62. The molecule has 2 aromatic rings. The zero-order valence-corrected chi connectivity index (χ0v) is 14.5. The Morgan fingerprint density at radius 1 is 1.20 bits per heavy atom. The van der Waals surface area contributed by atoms with E-state index in [1.54, 1.807) is 0 Å². The van der Waals surface area contributed by atoms with Gasteiger partial charge in [0.05, 0.1) is 5.56 Å². The second-order valence-corrected chi connectivity index (χ2v) is 6.04. The van der Waals surface area contributed by atoms with E-state index < -0.39 is 17.4 Å². The average molecular weight is 372 g/mol. The molecule has 0 saturated carbocycles. The Kier molecular flexibility index (Phi) is 6.41. The van der Waals surface area contributed by atoms with Gasteiger partial charge in [0.15, 0.2) is 5.11 Å². The Morgan fingerprint density at radius 3 is 2.64 bits per heavy atom. The van der Waals surface area contributed by atoms with Crippen molar-refractivity contribution in [2.24, 2.45) is 0 Å². The van der Waals surface area contributed by atoms with E-state index in [4.69, 9.17) is 16.6 Å². The monoisotopic (exact) mass is 372 g/mol. The van der Waals surface area contributed by atoms with Crippen molar-refractivity contribution in [1.29, 1.82) is 0 Å². The molecular weight excluding hydrogens is 353 g/mol. The van der Waals surface area contributed by atoms with Crippen LogP contribution in [-0.4, -0.2) is 11.7 Å². The lowest BCUT2D eigenvalue weighted by molar-refractivity contribution is -0.136. The summed E-state index contributed by atoms with van der Waals surface area (Å²) in [6, 6.07) is 4.55. The first-order chi connectivity index (χ1) is 11.8. The maximum Gasteiger partial charge on any atom is 0.417 e. The van der Waals surface area contributed by atoms with Gasteiger partial charge in [-0.3, -0.25) is 0 Å². The molecule has 0 amide bonds. The van der Waals surface area contributed by atoms with Crippen LogP contribution in [0.15, 0.2) is 33.5 Å². The molecule has 4 nitrogen and oxygen atoms in total. The Morgan fingerprint density at radius 2 is 1.96 bits per heavy atom. The molecule has 8 heteroatoms. The first-order valence-corrected chi connectivity index (χ1v) is 8.42. The average Bonchev–Trinajstić information content (AvgIpc) is 2.53. The lowest BCUT2D eigenvalue weighted by Crippen LogP contribution is -2.29. The predicted molar refractivity (Wildman–Crippen MR) is 95.9 cm³/mol. The minimum Gasteiger partial charge on any atom is -0.423 e. The molecule has 0 aliphatic carbocycles. The quantitative estimate of drug-likeness (QED) is 0.438. The highest BCUT2D eigenvalue weighted by Gasteiger charge is 2.33. The van der Waals surface area contributed by atoms with E-state index in [2.05, 4.69) is 17.6 Å². The first-order valence-electron chi connectivity index (χ1n) is 8.01. The van der Waals surface area contributed by atoms with E-state index in [0.717, 1.165) is 25.7 Å². The van der Waals surface area contributed by atoms with Crippen molar-refractivity contribution in [2.75, 3.05) is 11.9 Å². The zero-order chi connectivity index (χ0) is 18.4. The lowest BCUT2D eigenvalue weighted by atomic mass is 10.1. The maximum absolute atomic E-state index is 13.1. The van der Waals surface area contributed by atoms with Crippen LogP contribution in [-0.2, 0) is 6.18 Å². The molecule has 25 heavy (non-hydrogen) atoms. The summed E-state index contributed by atoms with van der Waals surface area (Å²) in [5, 5.41) is 6.01. The molecule has 1 aromatic heterocycles. The van der Waals surface area contributed by atoms with Gasteiger partial charge >= 0.3 is 11.8 Å². The Hall–Kier alpha value is -2.09. The molecule has 0 spiro atoms. The molecular formula is C17H19F3N2O2S. The molecule has 0 bridgehead atoms. The molecule has 2 N–H and O–H groups in total. The van der Waals surface area contributed by atoms with Crippen LogP contribution in [0, 0.1) is 0 Å². The number of fused-ring (bicyclic) bond motifs is 1. The van der Waals surface area contributed by atoms with Crippen LogP contribution in [0.4, 0.5) is 18.9 Å². The molecule has 0 aliphatic heterocycles. The third-order valence-corrected chi connectivity index (χ3v) is 3.87. The second kappa shape index (κ2) is 8.33. The molecule has 0 unspecified atom stereocenters. The minimum absolute atomic E-state index is 0.121. The Labute approximate surface area is 148 Å². The van der Waals surface area contributed by atoms with E-state index in [1.807, 2.05) is 0 Å². The van der Waals surface area contributed by atoms with E-state index in [0.29, 0.717) is 23.4 Å². The molecule has 1 heterocycles. The Balaban J connectivity index is 2.14. The summed E-state index contributed by atoms with van der Waals surface area (Å²) >= 11 is 5.15. The van der Waals surface area contributed by atoms with Gasteiger partial charge in [0, 0.05) is 23.7 Å². The summed E-state index contributed by atoms with van der Waals surface area (Å²) < 4.78 is 44.2. The van der Waals surface area contributed by atoms with Crippen LogP contribution in [0.3, 0.4) is 0 Å². The number of benzene rings is 1. The number of anilines is 1. The van der Waals surface area contributed by atoms with Gasteiger partial charge in [-0.25, -0.2) is 4.79 Å². The molecule has 0 saturated heterocycles. The van der Waals surface area contributed by atoms with E-state index in [9.17, 15) is 18.0 Å². The zero-order valence-electron chi connectivity index (χ0n) is 13.7. The van der Waals surface area contributed by atoms with E-state index in [-0.39, 0.29) is 11.0 Å². The van der Waals surface area contributed by atoms with Crippen molar-refractivity contribution in [1.82, 2.24) is 5.32 Å². The third kappa shape index (κ3) is 5.45. The molecule has 0 aliphatic rings. The van der Waals surface area contributed by atoms with E-state index >= 15 is 0 Å². The van der Waals surface area contributed by atoms with Crippen molar-refractivity contribution in [3.63, 3.8) is 0 Å². The molecule has 0 fully saturated rings. The predicted octanol–water partition coefficient (Wildman–Crippen LogP) is 4.68. The topological polar surface area (TPSA) is 54.3 Å². The van der Waals surface area contributed by atoms with Crippen molar-refractivity contribution in [3.8, 4) is 0 Å². The highest BCUT2D eigenvalue weighted by molar-refractivity contribution is 7.80. The molecule has 136 valence electrons. The standard InChI is InChI=1S/C17H19F3N2O2S/c1-2-3-4-5-8-21-16(25)22-11-6-7-14-12(9-11)13(17(18,19)20)10-15(23)24-14/h6-7,9-10H,2-5,8H2,1H3,(H2,21,22,25). The van der Waals surface area contributed by atoms with Crippen LogP contribution in [0.1, 0.15) is 38.2 Å². The van der Waals surface area contributed by atoms with Gasteiger partial charge < -0.3 is 15.1 Å². The lowest BCUT2D eigenvalue weighted by Gasteiger charge is -2.13. The fourth-order valence-corrected chi connectivity index (χ4v) is 2.62. The smallest absolute Gasteiger partial charge is 0.417 e. The summed E-state index contributed by atoms with van der Waals surface area (Å²) in [4.78, 5) is 11.3. The van der Waals surface area contributed by atoms with E-state index in [1.165, 1.54) is 18.2 Å². The molecule has 0 atom stereocenters. The SMILES string of the molecule is CCCCCCNC(=S)Nc1ccc2oc(=O)cc(C(F)(F)F)c2c1. The fraction of sp³-hybridized carbons (Fsp3) is 0.412. The number of hydrogen-bond acceptors (Lipinski definition) is 3.